The Labute approximate surface area is 141 Å². The maximum Gasteiger partial charge on any atom is 0.278 e. The van der Waals surface area contributed by atoms with Crippen molar-refractivity contribution in [2.75, 3.05) is 26.2 Å². The molecule has 1 atom stereocenters. The standard InChI is InChI=1S/C17H24N4O3/c1-12-14(19-24-18-12)15(22)21-9-7-17(11-21)6-3-8-20(16(17)23)10-13-4-2-5-13/h13H,2-11H2,1H3. The van der Waals surface area contributed by atoms with Gasteiger partial charge in [0.1, 0.15) is 5.69 Å². The van der Waals surface area contributed by atoms with Crippen LogP contribution in [0.25, 0.3) is 0 Å². The smallest absolute Gasteiger partial charge is 0.278 e. The van der Waals surface area contributed by atoms with Crippen molar-refractivity contribution >= 4 is 11.8 Å². The van der Waals surface area contributed by atoms with Crippen molar-refractivity contribution in [1.82, 2.24) is 20.1 Å². The van der Waals surface area contributed by atoms with Gasteiger partial charge in [-0.2, -0.15) is 0 Å². The zero-order valence-electron chi connectivity index (χ0n) is 14.2. The average molecular weight is 332 g/mol. The molecule has 3 fully saturated rings. The van der Waals surface area contributed by atoms with Crippen molar-refractivity contribution in [3.8, 4) is 0 Å². The van der Waals surface area contributed by atoms with E-state index in [0.717, 1.165) is 32.4 Å². The van der Waals surface area contributed by atoms with Gasteiger partial charge in [0.2, 0.25) is 5.91 Å². The largest absolute Gasteiger partial charge is 0.342 e. The molecular formula is C17H24N4O3. The van der Waals surface area contributed by atoms with E-state index in [1.807, 2.05) is 0 Å². The molecule has 1 aromatic heterocycles. The molecule has 0 N–H and O–H groups in total. The Kier molecular flexibility index (Phi) is 3.81. The summed E-state index contributed by atoms with van der Waals surface area (Å²) in [5.74, 6) is 0.771. The number of carbonyl (C=O) groups is 2. The number of amides is 2. The van der Waals surface area contributed by atoms with Crippen LogP contribution >= 0.6 is 0 Å². The first-order valence-corrected chi connectivity index (χ1v) is 8.97. The number of hydrogen-bond donors (Lipinski definition) is 0. The second-order valence-corrected chi connectivity index (χ2v) is 7.61. The lowest BCUT2D eigenvalue weighted by Gasteiger charge is -2.42. The Hall–Kier alpha value is -1.92. The number of rotatable bonds is 3. The van der Waals surface area contributed by atoms with Gasteiger partial charge in [0.05, 0.1) is 5.41 Å². The molecule has 7 heteroatoms. The summed E-state index contributed by atoms with van der Waals surface area (Å²) in [5, 5.41) is 7.39. The van der Waals surface area contributed by atoms with Crippen molar-refractivity contribution < 1.29 is 14.2 Å². The van der Waals surface area contributed by atoms with Gasteiger partial charge in [-0.05, 0) is 50.1 Å². The van der Waals surface area contributed by atoms with E-state index in [-0.39, 0.29) is 22.9 Å². The molecule has 1 aromatic rings. The van der Waals surface area contributed by atoms with Gasteiger partial charge in [-0.15, -0.1) is 0 Å². The molecule has 0 aromatic carbocycles. The normalized spacial score (nSPS) is 27.8. The molecule has 4 rings (SSSR count). The average Bonchev–Trinajstić information content (AvgIpc) is 3.14. The Morgan fingerprint density at radius 3 is 2.75 bits per heavy atom. The number of hydrogen-bond acceptors (Lipinski definition) is 5. The van der Waals surface area contributed by atoms with Crippen LogP contribution in [-0.2, 0) is 4.79 Å². The first-order chi connectivity index (χ1) is 11.6. The summed E-state index contributed by atoms with van der Waals surface area (Å²) in [6, 6.07) is 0. The Morgan fingerprint density at radius 2 is 2.08 bits per heavy atom. The summed E-state index contributed by atoms with van der Waals surface area (Å²) in [6.45, 7) is 4.59. The van der Waals surface area contributed by atoms with Gasteiger partial charge in [-0.1, -0.05) is 11.6 Å². The minimum Gasteiger partial charge on any atom is -0.342 e. The van der Waals surface area contributed by atoms with Crippen LogP contribution in [-0.4, -0.2) is 58.1 Å². The quantitative estimate of drug-likeness (QED) is 0.840. The summed E-state index contributed by atoms with van der Waals surface area (Å²) in [5.41, 5.74) is 0.382. The third-order valence-corrected chi connectivity index (χ3v) is 6.02. The molecule has 3 aliphatic rings. The summed E-state index contributed by atoms with van der Waals surface area (Å²) >= 11 is 0. The fourth-order valence-electron chi connectivity index (χ4n) is 4.31. The Balaban J connectivity index is 1.46. The lowest BCUT2D eigenvalue weighted by Crippen LogP contribution is -2.52. The van der Waals surface area contributed by atoms with Gasteiger partial charge < -0.3 is 9.80 Å². The molecule has 1 saturated carbocycles. The summed E-state index contributed by atoms with van der Waals surface area (Å²) in [6.07, 6.45) is 6.46. The topological polar surface area (TPSA) is 79.5 Å². The summed E-state index contributed by atoms with van der Waals surface area (Å²) in [4.78, 5) is 29.5. The highest BCUT2D eigenvalue weighted by Crippen LogP contribution is 2.41. The van der Waals surface area contributed by atoms with Crippen LogP contribution in [0.1, 0.15) is 54.7 Å². The summed E-state index contributed by atoms with van der Waals surface area (Å²) < 4.78 is 4.64. The fourth-order valence-corrected chi connectivity index (χ4v) is 4.31. The number of aromatic nitrogens is 2. The van der Waals surface area contributed by atoms with Crippen LogP contribution in [0, 0.1) is 18.3 Å². The minimum atomic E-state index is -0.386. The van der Waals surface area contributed by atoms with Crippen molar-refractivity contribution in [2.45, 2.75) is 45.4 Å². The monoisotopic (exact) mass is 332 g/mol. The van der Waals surface area contributed by atoms with E-state index >= 15 is 0 Å². The fraction of sp³-hybridized carbons (Fsp3) is 0.765. The van der Waals surface area contributed by atoms with Gasteiger partial charge in [-0.3, -0.25) is 9.59 Å². The molecule has 7 nitrogen and oxygen atoms in total. The van der Waals surface area contributed by atoms with Crippen LogP contribution in [0.3, 0.4) is 0 Å². The molecule has 2 amide bonds. The molecule has 1 aliphatic carbocycles. The second-order valence-electron chi connectivity index (χ2n) is 7.61. The lowest BCUT2D eigenvalue weighted by molar-refractivity contribution is -0.146. The molecule has 1 spiro atoms. The molecule has 1 unspecified atom stereocenters. The lowest BCUT2D eigenvalue weighted by atomic mass is 9.77. The van der Waals surface area contributed by atoms with E-state index in [9.17, 15) is 9.59 Å². The molecule has 2 saturated heterocycles. The predicted octanol–water partition coefficient (Wildman–Crippen LogP) is 1.63. The first kappa shape index (κ1) is 15.6. The Morgan fingerprint density at radius 1 is 1.25 bits per heavy atom. The van der Waals surface area contributed by atoms with Gasteiger partial charge in [0.15, 0.2) is 5.69 Å². The third-order valence-electron chi connectivity index (χ3n) is 6.02. The Bertz CT molecular complexity index is 654. The third kappa shape index (κ3) is 2.50. The number of piperidine rings is 1. The van der Waals surface area contributed by atoms with Crippen molar-refractivity contribution in [1.29, 1.82) is 0 Å². The van der Waals surface area contributed by atoms with Crippen molar-refractivity contribution in [3.05, 3.63) is 11.4 Å². The molecular weight excluding hydrogens is 308 g/mol. The van der Waals surface area contributed by atoms with E-state index in [1.165, 1.54) is 19.3 Å². The number of nitrogens with zero attached hydrogens (tertiary/aromatic N) is 4. The highest BCUT2D eigenvalue weighted by atomic mass is 16.6. The molecule has 130 valence electrons. The zero-order valence-corrected chi connectivity index (χ0v) is 14.2. The SMILES string of the molecule is Cc1nonc1C(=O)N1CCC2(CCCN(CC3CCC3)C2=O)C1. The zero-order chi connectivity index (χ0) is 16.7. The molecule has 3 heterocycles. The molecule has 24 heavy (non-hydrogen) atoms. The van der Waals surface area contributed by atoms with E-state index in [0.29, 0.717) is 24.7 Å². The highest BCUT2D eigenvalue weighted by molar-refractivity contribution is 5.94. The van der Waals surface area contributed by atoms with E-state index in [1.54, 1.807) is 11.8 Å². The first-order valence-electron chi connectivity index (χ1n) is 8.97. The van der Waals surface area contributed by atoms with Crippen LogP contribution in [0.2, 0.25) is 0 Å². The van der Waals surface area contributed by atoms with Crippen molar-refractivity contribution in [2.24, 2.45) is 11.3 Å². The minimum absolute atomic E-state index is 0.172. The molecule has 0 radical (unpaired) electrons. The second kappa shape index (κ2) is 5.86. The molecule has 0 bridgehead atoms. The van der Waals surface area contributed by atoms with Crippen LogP contribution in [0.5, 0.6) is 0 Å². The van der Waals surface area contributed by atoms with Crippen LogP contribution < -0.4 is 0 Å². The number of carbonyl (C=O) groups excluding carboxylic acids is 2. The van der Waals surface area contributed by atoms with Crippen molar-refractivity contribution in [3.63, 3.8) is 0 Å². The van der Waals surface area contributed by atoms with Crippen LogP contribution in [0.15, 0.2) is 4.63 Å². The number of aryl methyl sites for hydroxylation is 1. The van der Waals surface area contributed by atoms with E-state index in [2.05, 4.69) is 19.8 Å². The van der Waals surface area contributed by atoms with Gasteiger partial charge >= 0.3 is 0 Å². The summed E-state index contributed by atoms with van der Waals surface area (Å²) in [7, 11) is 0. The highest BCUT2D eigenvalue weighted by Gasteiger charge is 2.50. The predicted molar refractivity (Wildman–Crippen MR) is 85.1 cm³/mol. The number of likely N-dealkylation sites (tertiary alicyclic amines) is 2. The molecule has 2 aliphatic heterocycles. The van der Waals surface area contributed by atoms with Gasteiger partial charge in [0, 0.05) is 26.2 Å². The van der Waals surface area contributed by atoms with E-state index in [4.69, 9.17) is 0 Å². The maximum atomic E-state index is 13.1. The van der Waals surface area contributed by atoms with Gasteiger partial charge in [0.25, 0.3) is 5.91 Å². The van der Waals surface area contributed by atoms with Gasteiger partial charge in [-0.25, -0.2) is 4.63 Å². The maximum absolute atomic E-state index is 13.1. The van der Waals surface area contributed by atoms with Crippen LogP contribution in [0.4, 0.5) is 0 Å². The van der Waals surface area contributed by atoms with E-state index < -0.39 is 0 Å².